The van der Waals surface area contributed by atoms with Crippen LogP contribution in [0.5, 0.6) is 0 Å². The summed E-state index contributed by atoms with van der Waals surface area (Å²) in [4.78, 5) is 28.1. The van der Waals surface area contributed by atoms with Gasteiger partial charge in [-0.15, -0.1) is 0 Å². The molecule has 0 saturated carbocycles. The number of carbonyl (C=O) groups is 2. The smallest absolute Gasteiger partial charge is 0.198 e. The SMILES string of the molecule is [CH2]CCNc1ccc(Cl)c2c1C(=O)c1c(NCCC[N+](C)(C)C)ccc(NCCC[N+](C)(C)C)c1C2=O. The molecule has 37 heavy (non-hydrogen) atoms. The van der Waals surface area contributed by atoms with E-state index in [1.807, 2.05) is 12.1 Å². The summed E-state index contributed by atoms with van der Waals surface area (Å²) in [7, 11) is 12.9. The Hall–Kier alpha value is -2.61. The number of benzene rings is 2. The fraction of sp³-hybridized carbons (Fsp3) is 0.483. The quantitative estimate of drug-likeness (QED) is 0.220. The van der Waals surface area contributed by atoms with Crippen LogP contribution in [0.1, 0.15) is 51.1 Å². The zero-order chi connectivity index (χ0) is 27.4. The number of anilines is 3. The van der Waals surface area contributed by atoms with Gasteiger partial charge in [-0.25, -0.2) is 0 Å². The monoisotopic (exact) mass is 528 g/mol. The molecule has 0 bridgehead atoms. The molecule has 1 aliphatic carbocycles. The molecule has 201 valence electrons. The van der Waals surface area contributed by atoms with E-state index in [9.17, 15) is 9.59 Å². The van der Waals surface area contributed by atoms with Gasteiger partial charge in [0.25, 0.3) is 0 Å². The van der Waals surface area contributed by atoms with Crippen molar-refractivity contribution in [3.05, 3.63) is 58.5 Å². The maximum Gasteiger partial charge on any atom is 0.198 e. The summed E-state index contributed by atoms with van der Waals surface area (Å²) in [6.07, 6.45) is 2.52. The molecule has 0 amide bonds. The molecule has 0 saturated heterocycles. The molecule has 2 aromatic rings. The van der Waals surface area contributed by atoms with Gasteiger partial charge < -0.3 is 24.9 Å². The van der Waals surface area contributed by atoms with Crippen LogP contribution >= 0.6 is 11.6 Å². The molecule has 8 heteroatoms. The van der Waals surface area contributed by atoms with Crippen LogP contribution in [0.15, 0.2) is 24.3 Å². The Balaban J connectivity index is 2.02. The van der Waals surface area contributed by atoms with E-state index in [-0.39, 0.29) is 22.2 Å². The Morgan fingerprint density at radius 1 is 0.649 bits per heavy atom. The minimum absolute atomic E-state index is 0.192. The van der Waals surface area contributed by atoms with Gasteiger partial charge in [0.1, 0.15) is 0 Å². The van der Waals surface area contributed by atoms with Gasteiger partial charge in [0, 0.05) is 49.5 Å². The first-order valence-corrected chi connectivity index (χ1v) is 13.4. The van der Waals surface area contributed by atoms with E-state index in [0.717, 1.165) is 34.9 Å². The molecule has 0 aliphatic heterocycles. The number of nitrogens with one attached hydrogen (secondary N) is 3. The van der Waals surface area contributed by atoms with E-state index in [1.165, 1.54) is 0 Å². The molecule has 0 fully saturated rings. The summed E-state index contributed by atoms with van der Waals surface area (Å²) in [6.45, 7) is 7.85. The normalized spacial score (nSPS) is 13.3. The number of hydrogen-bond acceptors (Lipinski definition) is 5. The van der Waals surface area contributed by atoms with Gasteiger partial charge in [-0.05, 0) is 30.7 Å². The topological polar surface area (TPSA) is 70.2 Å². The lowest BCUT2D eigenvalue weighted by molar-refractivity contribution is -0.870. The second-order valence-corrected chi connectivity index (χ2v) is 12.2. The molecule has 0 atom stereocenters. The minimum atomic E-state index is -0.225. The van der Waals surface area contributed by atoms with E-state index >= 15 is 0 Å². The van der Waals surface area contributed by atoms with E-state index in [4.69, 9.17) is 11.6 Å². The Bertz CT molecular complexity index is 1150. The third-order valence-electron chi connectivity index (χ3n) is 6.40. The zero-order valence-corrected chi connectivity index (χ0v) is 24.0. The Morgan fingerprint density at radius 2 is 1.03 bits per heavy atom. The summed E-state index contributed by atoms with van der Waals surface area (Å²) < 4.78 is 1.72. The second kappa shape index (κ2) is 11.8. The van der Waals surface area contributed by atoms with Crippen LogP contribution in [0, 0.1) is 6.92 Å². The number of rotatable bonds is 13. The molecular weight excluding hydrogens is 486 g/mol. The number of carbonyl (C=O) groups excluding carboxylic acids is 2. The number of nitrogens with zero attached hydrogens (tertiary/aromatic N) is 2. The molecule has 1 radical (unpaired) electrons. The highest BCUT2D eigenvalue weighted by Crippen LogP contribution is 2.41. The maximum absolute atomic E-state index is 14.1. The molecule has 7 nitrogen and oxygen atoms in total. The van der Waals surface area contributed by atoms with Crippen molar-refractivity contribution in [1.29, 1.82) is 0 Å². The molecule has 0 unspecified atom stereocenters. The number of quaternary nitrogens is 2. The highest BCUT2D eigenvalue weighted by atomic mass is 35.5. The lowest BCUT2D eigenvalue weighted by atomic mass is 9.81. The van der Waals surface area contributed by atoms with Crippen molar-refractivity contribution in [1.82, 2.24) is 0 Å². The summed E-state index contributed by atoms with van der Waals surface area (Å²) >= 11 is 6.54. The molecule has 0 heterocycles. The fourth-order valence-corrected chi connectivity index (χ4v) is 4.82. The predicted molar refractivity (Wildman–Crippen MR) is 155 cm³/mol. The first-order chi connectivity index (χ1) is 17.3. The molecular formula is C29H43ClN5O2+2. The van der Waals surface area contributed by atoms with E-state index in [2.05, 4.69) is 65.2 Å². The summed E-state index contributed by atoms with van der Waals surface area (Å²) in [6, 6.07) is 7.27. The van der Waals surface area contributed by atoms with Crippen LogP contribution in [0.25, 0.3) is 0 Å². The number of fused-ring (bicyclic) bond motifs is 2. The van der Waals surface area contributed by atoms with Crippen molar-refractivity contribution < 1.29 is 18.6 Å². The van der Waals surface area contributed by atoms with E-state index in [1.54, 1.807) is 12.1 Å². The molecule has 0 spiro atoms. The van der Waals surface area contributed by atoms with Crippen molar-refractivity contribution >= 4 is 40.2 Å². The average Bonchev–Trinajstić information content (AvgIpc) is 2.81. The van der Waals surface area contributed by atoms with E-state index in [0.29, 0.717) is 59.8 Å². The Labute approximate surface area is 227 Å². The van der Waals surface area contributed by atoms with Crippen LogP contribution in [0.3, 0.4) is 0 Å². The molecule has 3 rings (SSSR count). The van der Waals surface area contributed by atoms with Gasteiger partial charge in [0.05, 0.1) is 82.7 Å². The third kappa shape index (κ3) is 7.24. The van der Waals surface area contributed by atoms with Crippen LogP contribution in [0.4, 0.5) is 17.1 Å². The summed E-state index contributed by atoms with van der Waals surface area (Å²) in [5.41, 5.74) is 3.39. The van der Waals surface area contributed by atoms with Gasteiger partial charge in [0.15, 0.2) is 11.6 Å². The van der Waals surface area contributed by atoms with Crippen molar-refractivity contribution in [2.24, 2.45) is 0 Å². The van der Waals surface area contributed by atoms with Crippen molar-refractivity contribution in [2.75, 3.05) is 91.0 Å². The third-order valence-corrected chi connectivity index (χ3v) is 6.72. The fourth-order valence-electron chi connectivity index (χ4n) is 4.58. The molecule has 1 aliphatic rings. The van der Waals surface area contributed by atoms with Crippen LogP contribution in [-0.2, 0) is 0 Å². The number of halogens is 1. The van der Waals surface area contributed by atoms with Gasteiger partial charge in [-0.2, -0.15) is 0 Å². The van der Waals surface area contributed by atoms with Crippen molar-refractivity contribution in [2.45, 2.75) is 19.3 Å². The van der Waals surface area contributed by atoms with E-state index < -0.39 is 0 Å². The largest absolute Gasteiger partial charge is 0.384 e. The van der Waals surface area contributed by atoms with Gasteiger partial charge in [0.2, 0.25) is 0 Å². The Morgan fingerprint density at radius 3 is 1.46 bits per heavy atom. The lowest BCUT2D eigenvalue weighted by Crippen LogP contribution is -2.36. The number of hydrogen-bond donors (Lipinski definition) is 3. The molecule has 3 N–H and O–H groups in total. The molecule has 0 aromatic heterocycles. The maximum atomic E-state index is 14.1. The van der Waals surface area contributed by atoms with Crippen molar-refractivity contribution in [3.8, 4) is 0 Å². The van der Waals surface area contributed by atoms with Crippen LogP contribution in [-0.4, -0.2) is 95.5 Å². The van der Waals surface area contributed by atoms with Gasteiger partial charge in [-0.3, -0.25) is 9.59 Å². The van der Waals surface area contributed by atoms with Gasteiger partial charge in [-0.1, -0.05) is 18.5 Å². The second-order valence-electron chi connectivity index (χ2n) is 11.8. The predicted octanol–water partition coefficient (Wildman–Crippen LogP) is 4.77. The highest BCUT2D eigenvalue weighted by Gasteiger charge is 2.37. The average molecular weight is 529 g/mol. The first kappa shape index (κ1) is 29.0. The molecule has 2 aromatic carbocycles. The first-order valence-electron chi connectivity index (χ1n) is 13.0. The zero-order valence-electron chi connectivity index (χ0n) is 23.3. The van der Waals surface area contributed by atoms with Crippen LogP contribution in [0.2, 0.25) is 5.02 Å². The number of ketones is 2. The lowest BCUT2D eigenvalue weighted by Gasteiger charge is -2.27. The highest BCUT2D eigenvalue weighted by molar-refractivity contribution is 6.41. The summed E-state index contributed by atoms with van der Waals surface area (Å²) in [5.74, 6) is -0.417. The Kier molecular flexibility index (Phi) is 9.27. The van der Waals surface area contributed by atoms with Crippen molar-refractivity contribution in [3.63, 3.8) is 0 Å². The van der Waals surface area contributed by atoms with Gasteiger partial charge >= 0.3 is 0 Å². The standard InChI is InChI=1S/C29H41ClN5O2/c1-8-15-31-21-12-11-20(30)24-25(21)29(37)27-23(33-17-10-19-35(5,6)7)14-13-22(26(27)28(24)36)32-16-9-18-34(2,3)4/h11-14H,1,8-10,15-19H2,2-7H3,(H-2,31,32,33,36,37)/p+2. The van der Waals surface area contributed by atoms with Crippen LogP contribution < -0.4 is 16.0 Å². The minimum Gasteiger partial charge on any atom is -0.384 e. The summed E-state index contributed by atoms with van der Waals surface area (Å²) in [5, 5.41) is 10.4.